The summed E-state index contributed by atoms with van der Waals surface area (Å²) in [6.45, 7) is 8.34. The molecule has 2 N–H and O–H groups in total. The van der Waals surface area contributed by atoms with Crippen molar-refractivity contribution >= 4 is 17.6 Å². The molecule has 7 nitrogen and oxygen atoms in total. The zero-order valence-corrected chi connectivity index (χ0v) is 12.6. The van der Waals surface area contributed by atoms with Gasteiger partial charge in [-0.05, 0) is 13.8 Å². The molecule has 1 amide bonds. The zero-order chi connectivity index (χ0) is 15.4. The molecule has 0 aliphatic rings. The third-order valence-corrected chi connectivity index (χ3v) is 2.75. The first kappa shape index (κ1) is 15.0. The number of amides is 1. The molecule has 2 aromatic rings. The van der Waals surface area contributed by atoms with Crippen LogP contribution in [-0.2, 0) is 0 Å². The summed E-state index contributed by atoms with van der Waals surface area (Å²) in [5.41, 5.74) is 1.57. The summed E-state index contributed by atoms with van der Waals surface area (Å²) >= 11 is 0. The van der Waals surface area contributed by atoms with Crippen molar-refractivity contribution in [1.29, 1.82) is 0 Å². The van der Waals surface area contributed by atoms with Crippen molar-refractivity contribution in [3.63, 3.8) is 0 Å². The Bertz CT molecular complexity index is 636. The Hall–Kier alpha value is -2.44. The Morgan fingerprint density at radius 2 is 2.14 bits per heavy atom. The predicted molar refractivity (Wildman–Crippen MR) is 79.5 cm³/mol. The van der Waals surface area contributed by atoms with Gasteiger partial charge in [0.15, 0.2) is 5.69 Å². The molecule has 0 aliphatic carbocycles. The van der Waals surface area contributed by atoms with Crippen LogP contribution in [0.2, 0.25) is 0 Å². The quantitative estimate of drug-likeness (QED) is 0.878. The van der Waals surface area contributed by atoms with E-state index in [2.05, 4.69) is 25.6 Å². The van der Waals surface area contributed by atoms with Crippen LogP contribution in [0.25, 0.3) is 0 Å². The average Bonchev–Trinajstić information content (AvgIpc) is 2.84. The first-order valence-electron chi connectivity index (χ1n) is 6.85. The van der Waals surface area contributed by atoms with Gasteiger partial charge >= 0.3 is 6.01 Å². The van der Waals surface area contributed by atoms with Crippen LogP contribution in [0.4, 0.5) is 11.7 Å². The molecule has 21 heavy (non-hydrogen) atoms. The van der Waals surface area contributed by atoms with Gasteiger partial charge in [-0.25, -0.2) is 9.97 Å². The minimum atomic E-state index is -0.378. The van der Waals surface area contributed by atoms with Gasteiger partial charge in [-0.1, -0.05) is 13.8 Å². The van der Waals surface area contributed by atoms with Gasteiger partial charge in [0.25, 0.3) is 5.91 Å². The summed E-state index contributed by atoms with van der Waals surface area (Å²) in [6.07, 6.45) is 3.10. The number of carbonyl (C=O) groups excluding carboxylic acids is 1. The number of carbonyl (C=O) groups is 1. The maximum atomic E-state index is 12.4. The molecule has 0 spiro atoms. The van der Waals surface area contributed by atoms with Crippen LogP contribution in [0.5, 0.6) is 0 Å². The summed E-state index contributed by atoms with van der Waals surface area (Å²) in [6, 6.07) is 0.157. The third kappa shape index (κ3) is 3.56. The average molecular weight is 289 g/mol. The molecule has 112 valence electrons. The summed E-state index contributed by atoms with van der Waals surface area (Å²) < 4.78 is 5.13. The van der Waals surface area contributed by atoms with Crippen LogP contribution in [0.1, 0.15) is 48.7 Å². The number of hydrogen-bond donors (Lipinski definition) is 2. The standard InChI is InChI=1S/C14H19N5O2/c1-5-15-10-6-16-12(8(2)3)18-11(10)13(20)19-14-17-9(4)7-21-14/h6-8,15H,5H2,1-4H3,(H,17,19,20). The van der Waals surface area contributed by atoms with Gasteiger partial charge in [-0.15, -0.1) is 0 Å². The second kappa shape index (κ2) is 6.34. The van der Waals surface area contributed by atoms with E-state index in [4.69, 9.17) is 4.42 Å². The van der Waals surface area contributed by atoms with E-state index in [1.54, 1.807) is 13.1 Å². The Morgan fingerprint density at radius 3 is 2.71 bits per heavy atom. The van der Waals surface area contributed by atoms with E-state index in [0.29, 0.717) is 23.8 Å². The van der Waals surface area contributed by atoms with Crippen LogP contribution in [0, 0.1) is 6.92 Å². The van der Waals surface area contributed by atoms with Gasteiger partial charge in [-0.3, -0.25) is 10.1 Å². The number of hydrogen-bond acceptors (Lipinski definition) is 6. The minimum Gasteiger partial charge on any atom is -0.432 e. The Labute approximate surface area is 123 Å². The second-order valence-corrected chi connectivity index (χ2v) is 4.92. The van der Waals surface area contributed by atoms with Crippen molar-refractivity contribution in [1.82, 2.24) is 15.0 Å². The number of nitrogens with zero attached hydrogens (tertiary/aromatic N) is 3. The van der Waals surface area contributed by atoms with Crippen molar-refractivity contribution in [2.45, 2.75) is 33.6 Å². The molecule has 0 bridgehead atoms. The highest BCUT2D eigenvalue weighted by Gasteiger charge is 2.18. The monoisotopic (exact) mass is 289 g/mol. The normalized spacial score (nSPS) is 10.7. The summed E-state index contributed by atoms with van der Waals surface area (Å²) in [4.78, 5) is 25.0. The lowest BCUT2D eigenvalue weighted by Gasteiger charge is -2.11. The second-order valence-electron chi connectivity index (χ2n) is 4.92. The van der Waals surface area contributed by atoms with Gasteiger partial charge in [0.05, 0.1) is 17.6 Å². The first-order valence-corrected chi connectivity index (χ1v) is 6.85. The van der Waals surface area contributed by atoms with Crippen molar-refractivity contribution < 1.29 is 9.21 Å². The van der Waals surface area contributed by atoms with Crippen LogP contribution < -0.4 is 10.6 Å². The topological polar surface area (TPSA) is 92.9 Å². The molecular formula is C14H19N5O2. The Kier molecular flexibility index (Phi) is 4.52. The number of anilines is 2. The van der Waals surface area contributed by atoms with E-state index < -0.39 is 0 Å². The fraction of sp³-hybridized carbons (Fsp3) is 0.429. The molecule has 0 radical (unpaired) electrons. The van der Waals surface area contributed by atoms with E-state index >= 15 is 0 Å². The molecule has 0 saturated heterocycles. The van der Waals surface area contributed by atoms with Crippen LogP contribution in [-0.4, -0.2) is 27.4 Å². The number of oxazole rings is 1. The van der Waals surface area contributed by atoms with Crippen LogP contribution in [0.15, 0.2) is 16.9 Å². The third-order valence-electron chi connectivity index (χ3n) is 2.75. The van der Waals surface area contributed by atoms with E-state index in [-0.39, 0.29) is 23.5 Å². The molecular weight excluding hydrogens is 270 g/mol. The number of rotatable bonds is 5. The lowest BCUT2D eigenvalue weighted by atomic mass is 10.2. The molecule has 0 fully saturated rings. The largest absolute Gasteiger partial charge is 0.432 e. The Balaban J connectivity index is 2.30. The fourth-order valence-corrected chi connectivity index (χ4v) is 1.73. The molecule has 7 heteroatoms. The van der Waals surface area contributed by atoms with Crippen molar-refractivity contribution in [3.05, 3.63) is 29.7 Å². The first-order chi connectivity index (χ1) is 10.0. The van der Waals surface area contributed by atoms with Gasteiger partial charge in [-0.2, -0.15) is 4.98 Å². The predicted octanol–water partition coefficient (Wildman–Crippen LogP) is 2.58. The summed E-state index contributed by atoms with van der Waals surface area (Å²) in [7, 11) is 0. The smallest absolute Gasteiger partial charge is 0.301 e. The maximum Gasteiger partial charge on any atom is 0.301 e. The lowest BCUT2D eigenvalue weighted by molar-refractivity contribution is 0.101. The lowest BCUT2D eigenvalue weighted by Crippen LogP contribution is -2.18. The molecule has 0 saturated carbocycles. The highest BCUT2D eigenvalue weighted by atomic mass is 16.4. The van der Waals surface area contributed by atoms with Gasteiger partial charge in [0.2, 0.25) is 0 Å². The highest BCUT2D eigenvalue weighted by molar-refractivity contribution is 6.05. The zero-order valence-electron chi connectivity index (χ0n) is 12.6. The molecule has 0 unspecified atom stereocenters. The molecule has 2 aromatic heterocycles. The van der Waals surface area contributed by atoms with Gasteiger partial charge < -0.3 is 9.73 Å². The Morgan fingerprint density at radius 1 is 1.38 bits per heavy atom. The van der Waals surface area contributed by atoms with E-state index in [1.165, 1.54) is 6.26 Å². The number of aromatic nitrogens is 3. The van der Waals surface area contributed by atoms with Crippen molar-refractivity contribution in [3.8, 4) is 0 Å². The summed E-state index contributed by atoms with van der Waals surface area (Å²) in [5, 5.41) is 5.67. The van der Waals surface area contributed by atoms with Crippen molar-refractivity contribution in [2.24, 2.45) is 0 Å². The highest BCUT2D eigenvalue weighted by Crippen LogP contribution is 2.18. The van der Waals surface area contributed by atoms with Crippen LogP contribution >= 0.6 is 0 Å². The molecule has 0 aromatic carbocycles. The maximum absolute atomic E-state index is 12.4. The van der Waals surface area contributed by atoms with Gasteiger partial charge in [0, 0.05) is 12.5 Å². The molecule has 0 aliphatic heterocycles. The molecule has 2 heterocycles. The summed E-state index contributed by atoms with van der Waals surface area (Å²) in [5.74, 6) is 0.374. The number of aryl methyl sites for hydroxylation is 1. The molecule has 0 atom stereocenters. The number of nitrogens with one attached hydrogen (secondary N) is 2. The van der Waals surface area contributed by atoms with Crippen molar-refractivity contribution in [2.75, 3.05) is 17.2 Å². The SMILES string of the molecule is CCNc1cnc(C(C)C)nc1C(=O)Nc1nc(C)co1. The van der Waals surface area contributed by atoms with E-state index in [0.717, 1.165) is 0 Å². The van der Waals surface area contributed by atoms with Crippen LogP contribution in [0.3, 0.4) is 0 Å². The fourth-order valence-electron chi connectivity index (χ4n) is 1.73. The van der Waals surface area contributed by atoms with E-state index in [1.807, 2.05) is 20.8 Å². The van der Waals surface area contributed by atoms with E-state index in [9.17, 15) is 4.79 Å². The molecule has 2 rings (SSSR count). The van der Waals surface area contributed by atoms with Gasteiger partial charge in [0.1, 0.15) is 12.1 Å². The minimum absolute atomic E-state index is 0.135.